The van der Waals surface area contributed by atoms with Gasteiger partial charge in [-0.2, -0.15) is 5.26 Å². The highest BCUT2D eigenvalue weighted by atomic mass is 35.5. The fraction of sp³-hybridized carbons (Fsp3) is 0.562. The number of anilines is 1. The van der Waals surface area contributed by atoms with E-state index < -0.39 is 0 Å². The highest BCUT2D eigenvalue weighted by molar-refractivity contribution is 6.33. The van der Waals surface area contributed by atoms with Gasteiger partial charge in [-0.25, -0.2) is 0 Å². The minimum Gasteiger partial charge on any atom is -0.381 e. The van der Waals surface area contributed by atoms with Gasteiger partial charge in [-0.1, -0.05) is 32.4 Å². The van der Waals surface area contributed by atoms with Crippen molar-refractivity contribution in [3.63, 3.8) is 0 Å². The second kappa shape index (κ2) is 5.43. The van der Waals surface area contributed by atoms with E-state index in [0.29, 0.717) is 22.0 Å². The zero-order valence-electron chi connectivity index (χ0n) is 11.8. The van der Waals surface area contributed by atoms with Gasteiger partial charge in [0.05, 0.1) is 22.3 Å². The molecule has 0 spiro atoms. The number of nitrogens with zero attached hydrogens (tertiary/aromatic N) is 1. The van der Waals surface area contributed by atoms with E-state index in [9.17, 15) is 0 Å². The van der Waals surface area contributed by atoms with Crippen molar-refractivity contribution in [1.29, 1.82) is 5.26 Å². The van der Waals surface area contributed by atoms with Crippen molar-refractivity contribution in [3.8, 4) is 6.07 Å². The zero-order valence-corrected chi connectivity index (χ0v) is 12.6. The topological polar surface area (TPSA) is 35.8 Å². The molecule has 0 aromatic heterocycles. The third-order valence-electron chi connectivity index (χ3n) is 3.84. The summed E-state index contributed by atoms with van der Waals surface area (Å²) >= 11 is 6.21. The molecule has 1 N–H and O–H groups in total. The number of rotatable bonds is 2. The molecule has 2 rings (SSSR count). The molecule has 0 bridgehead atoms. The van der Waals surface area contributed by atoms with Gasteiger partial charge in [-0.15, -0.1) is 0 Å². The number of nitriles is 1. The predicted molar refractivity (Wildman–Crippen MR) is 80.4 cm³/mol. The van der Waals surface area contributed by atoms with E-state index in [-0.39, 0.29) is 0 Å². The molecule has 0 radical (unpaired) electrons. The lowest BCUT2D eigenvalue weighted by Crippen LogP contribution is -2.35. The van der Waals surface area contributed by atoms with Crippen LogP contribution >= 0.6 is 11.6 Å². The average Bonchev–Trinajstić information content (AvgIpc) is 2.29. The fourth-order valence-corrected chi connectivity index (χ4v) is 3.55. The van der Waals surface area contributed by atoms with E-state index in [4.69, 9.17) is 16.9 Å². The Morgan fingerprint density at radius 1 is 1.37 bits per heavy atom. The van der Waals surface area contributed by atoms with Crippen LogP contribution in [-0.4, -0.2) is 6.04 Å². The Morgan fingerprint density at radius 3 is 2.74 bits per heavy atom. The number of hydrogen-bond acceptors (Lipinski definition) is 2. The first-order valence-corrected chi connectivity index (χ1v) is 7.23. The zero-order chi connectivity index (χ0) is 14.0. The molecule has 1 aromatic carbocycles. The standard InChI is InChI=1S/C16H21ClN2/c1-11-6-13(9-16(2,3)8-11)19-15-7-12(10-18)4-5-14(15)17/h4-5,7,11,13,19H,6,8-9H2,1-3H3. The first-order valence-electron chi connectivity index (χ1n) is 6.86. The van der Waals surface area contributed by atoms with E-state index >= 15 is 0 Å². The molecule has 0 aliphatic heterocycles. The lowest BCUT2D eigenvalue weighted by molar-refractivity contribution is 0.178. The summed E-state index contributed by atoms with van der Waals surface area (Å²) in [6.07, 6.45) is 3.58. The van der Waals surface area contributed by atoms with Crippen LogP contribution in [0.2, 0.25) is 5.02 Å². The lowest BCUT2D eigenvalue weighted by atomic mass is 9.70. The first-order chi connectivity index (χ1) is 8.89. The van der Waals surface area contributed by atoms with Crippen molar-refractivity contribution < 1.29 is 0 Å². The van der Waals surface area contributed by atoms with Crippen molar-refractivity contribution >= 4 is 17.3 Å². The van der Waals surface area contributed by atoms with Gasteiger partial charge in [0.1, 0.15) is 0 Å². The van der Waals surface area contributed by atoms with Crippen molar-refractivity contribution in [3.05, 3.63) is 28.8 Å². The molecule has 1 saturated carbocycles. The van der Waals surface area contributed by atoms with Gasteiger partial charge in [0.15, 0.2) is 0 Å². The van der Waals surface area contributed by atoms with Crippen LogP contribution in [0, 0.1) is 22.7 Å². The van der Waals surface area contributed by atoms with Crippen LogP contribution in [0.4, 0.5) is 5.69 Å². The van der Waals surface area contributed by atoms with Gasteiger partial charge in [-0.05, 0) is 48.8 Å². The molecule has 19 heavy (non-hydrogen) atoms. The summed E-state index contributed by atoms with van der Waals surface area (Å²) in [5, 5.41) is 13.2. The Balaban J connectivity index is 2.15. The van der Waals surface area contributed by atoms with Crippen LogP contribution < -0.4 is 5.32 Å². The van der Waals surface area contributed by atoms with Crippen molar-refractivity contribution in [2.45, 2.75) is 46.1 Å². The maximum Gasteiger partial charge on any atom is 0.0992 e. The molecule has 1 aliphatic rings. The summed E-state index contributed by atoms with van der Waals surface area (Å²) in [6.45, 7) is 6.96. The molecule has 3 heteroatoms. The van der Waals surface area contributed by atoms with Crippen LogP contribution in [0.3, 0.4) is 0 Å². The summed E-state index contributed by atoms with van der Waals surface area (Å²) in [6, 6.07) is 7.98. The Kier molecular flexibility index (Phi) is 4.06. The molecule has 2 atom stereocenters. The largest absolute Gasteiger partial charge is 0.381 e. The Hall–Kier alpha value is -1.20. The normalized spacial score (nSPS) is 25.6. The lowest BCUT2D eigenvalue weighted by Gasteiger charge is -2.39. The summed E-state index contributed by atoms with van der Waals surface area (Å²) in [7, 11) is 0. The van der Waals surface area contributed by atoms with E-state index in [2.05, 4.69) is 32.2 Å². The SMILES string of the molecule is CC1CC(Nc2cc(C#N)ccc2Cl)CC(C)(C)C1. The summed E-state index contributed by atoms with van der Waals surface area (Å²) in [5.74, 6) is 0.721. The Morgan fingerprint density at radius 2 is 2.11 bits per heavy atom. The fourth-order valence-electron chi connectivity index (χ4n) is 3.38. The van der Waals surface area contributed by atoms with Crippen LogP contribution in [0.15, 0.2) is 18.2 Å². The molecule has 1 aromatic rings. The molecule has 0 heterocycles. The second-order valence-electron chi connectivity index (χ2n) is 6.56. The smallest absolute Gasteiger partial charge is 0.0992 e. The van der Waals surface area contributed by atoms with E-state index in [0.717, 1.165) is 24.4 Å². The van der Waals surface area contributed by atoms with Crippen LogP contribution in [-0.2, 0) is 0 Å². The number of halogens is 1. The van der Waals surface area contributed by atoms with E-state index in [1.54, 1.807) is 12.1 Å². The third-order valence-corrected chi connectivity index (χ3v) is 4.17. The molecule has 1 aliphatic carbocycles. The minimum absolute atomic E-state index is 0.370. The van der Waals surface area contributed by atoms with Gasteiger partial charge in [-0.3, -0.25) is 0 Å². The van der Waals surface area contributed by atoms with Crippen LogP contribution in [0.5, 0.6) is 0 Å². The van der Waals surface area contributed by atoms with E-state index in [1.165, 1.54) is 6.42 Å². The molecule has 0 saturated heterocycles. The molecule has 2 unspecified atom stereocenters. The molecule has 102 valence electrons. The third kappa shape index (κ3) is 3.64. The monoisotopic (exact) mass is 276 g/mol. The maximum absolute atomic E-state index is 8.96. The quantitative estimate of drug-likeness (QED) is 0.839. The van der Waals surface area contributed by atoms with Gasteiger partial charge < -0.3 is 5.32 Å². The molecular weight excluding hydrogens is 256 g/mol. The van der Waals surface area contributed by atoms with Crippen LogP contribution in [0.25, 0.3) is 0 Å². The summed E-state index contributed by atoms with van der Waals surface area (Å²) in [4.78, 5) is 0. The van der Waals surface area contributed by atoms with Gasteiger partial charge in [0.25, 0.3) is 0 Å². The number of benzene rings is 1. The summed E-state index contributed by atoms with van der Waals surface area (Å²) in [5.41, 5.74) is 1.90. The van der Waals surface area contributed by atoms with Crippen LogP contribution in [0.1, 0.15) is 45.6 Å². The van der Waals surface area contributed by atoms with Crippen molar-refractivity contribution in [1.82, 2.24) is 0 Å². The molecule has 0 amide bonds. The molecule has 2 nitrogen and oxygen atoms in total. The minimum atomic E-state index is 0.370. The highest BCUT2D eigenvalue weighted by Crippen LogP contribution is 2.40. The molecular formula is C16H21ClN2. The second-order valence-corrected chi connectivity index (χ2v) is 6.97. The maximum atomic E-state index is 8.96. The Bertz CT molecular complexity index is 502. The first kappa shape index (κ1) is 14.2. The van der Waals surface area contributed by atoms with E-state index in [1.807, 2.05) is 6.07 Å². The highest BCUT2D eigenvalue weighted by Gasteiger charge is 2.32. The summed E-state index contributed by atoms with van der Waals surface area (Å²) < 4.78 is 0. The average molecular weight is 277 g/mol. The Labute approximate surface area is 120 Å². The molecule has 1 fully saturated rings. The van der Waals surface area contributed by atoms with Crippen molar-refractivity contribution in [2.24, 2.45) is 11.3 Å². The predicted octanol–water partition coefficient (Wildman–Crippen LogP) is 4.84. The van der Waals surface area contributed by atoms with Gasteiger partial charge in [0, 0.05) is 6.04 Å². The van der Waals surface area contributed by atoms with Gasteiger partial charge in [0.2, 0.25) is 0 Å². The van der Waals surface area contributed by atoms with Gasteiger partial charge >= 0.3 is 0 Å². The van der Waals surface area contributed by atoms with Crippen molar-refractivity contribution in [2.75, 3.05) is 5.32 Å². The number of hydrogen-bond donors (Lipinski definition) is 1. The number of nitrogens with one attached hydrogen (secondary N) is 1.